The van der Waals surface area contributed by atoms with Gasteiger partial charge in [-0.25, -0.2) is 20.8 Å². The van der Waals surface area contributed by atoms with Crippen molar-refractivity contribution in [3.05, 3.63) is 30.6 Å². The molecule has 3 N–H and O–H groups in total. The summed E-state index contributed by atoms with van der Waals surface area (Å²) in [4.78, 5) is 12.5. The van der Waals surface area contributed by atoms with Crippen LogP contribution in [0.5, 0.6) is 0 Å². The first-order chi connectivity index (χ1) is 7.33. The summed E-state index contributed by atoms with van der Waals surface area (Å²) in [6.07, 6.45) is 5.96. The molecule has 0 fully saturated rings. The van der Waals surface area contributed by atoms with E-state index < -0.39 is 0 Å². The lowest BCUT2D eigenvalue weighted by Gasteiger charge is -2.06. The predicted octanol–water partition coefficient (Wildman–Crippen LogP) is 0.510. The molecular formula is C9H12N6. The van der Waals surface area contributed by atoms with Crippen LogP contribution >= 0.6 is 0 Å². The van der Waals surface area contributed by atoms with E-state index in [2.05, 4.69) is 20.4 Å². The highest BCUT2D eigenvalue weighted by Gasteiger charge is 2.03. The highest BCUT2D eigenvalue weighted by atomic mass is 15.3. The van der Waals surface area contributed by atoms with Gasteiger partial charge in [0.25, 0.3) is 0 Å². The van der Waals surface area contributed by atoms with Crippen LogP contribution in [0.1, 0.15) is 12.7 Å². The third kappa shape index (κ3) is 1.94. The minimum absolute atomic E-state index is 0.602. The number of nitrogens with one attached hydrogen (secondary N) is 1. The summed E-state index contributed by atoms with van der Waals surface area (Å²) in [5.74, 6) is 7.43. The molecule has 15 heavy (non-hydrogen) atoms. The Hall–Kier alpha value is -1.95. The molecule has 2 heterocycles. The minimum atomic E-state index is 0.602. The Morgan fingerprint density at radius 2 is 2.33 bits per heavy atom. The molecular weight excluding hydrogens is 192 g/mol. The number of aromatic nitrogens is 4. The second-order valence-corrected chi connectivity index (χ2v) is 3.00. The Kier molecular flexibility index (Phi) is 2.59. The lowest BCUT2D eigenvalue weighted by Crippen LogP contribution is -2.11. The zero-order valence-electron chi connectivity index (χ0n) is 8.38. The van der Waals surface area contributed by atoms with Crippen molar-refractivity contribution in [1.29, 1.82) is 0 Å². The van der Waals surface area contributed by atoms with E-state index in [-0.39, 0.29) is 0 Å². The molecule has 78 valence electrons. The summed E-state index contributed by atoms with van der Waals surface area (Å²) in [7, 11) is 0. The lowest BCUT2D eigenvalue weighted by atomic mass is 10.4. The van der Waals surface area contributed by atoms with Gasteiger partial charge in [0.1, 0.15) is 23.8 Å². The van der Waals surface area contributed by atoms with Crippen molar-refractivity contribution in [3.8, 4) is 5.82 Å². The standard InChI is InChI=1S/C9H12N6/c1-2-7-12-8(14-10)5-9(13-7)15-4-3-11-6-15/h3-6H,2,10H2,1H3,(H,12,13,14). The summed E-state index contributed by atoms with van der Waals surface area (Å²) in [6.45, 7) is 1.99. The van der Waals surface area contributed by atoms with E-state index in [9.17, 15) is 0 Å². The van der Waals surface area contributed by atoms with Crippen molar-refractivity contribution in [2.45, 2.75) is 13.3 Å². The first-order valence-electron chi connectivity index (χ1n) is 4.66. The molecule has 0 radical (unpaired) electrons. The quantitative estimate of drug-likeness (QED) is 0.562. The van der Waals surface area contributed by atoms with Gasteiger partial charge in [0, 0.05) is 24.9 Å². The van der Waals surface area contributed by atoms with Crippen molar-refractivity contribution in [2.75, 3.05) is 5.43 Å². The molecule has 0 amide bonds. The van der Waals surface area contributed by atoms with Gasteiger partial charge in [-0.3, -0.25) is 4.57 Å². The molecule has 0 unspecified atom stereocenters. The summed E-state index contributed by atoms with van der Waals surface area (Å²) >= 11 is 0. The number of nitrogens with zero attached hydrogens (tertiary/aromatic N) is 4. The van der Waals surface area contributed by atoms with Gasteiger partial charge in [0.15, 0.2) is 0 Å². The number of nitrogen functional groups attached to an aromatic ring is 1. The van der Waals surface area contributed by atoms with Crippen LogP contribution in [0.15, 0.2) is 24.8 Å². The zero-order valence-corrected chi connectivity index (χ0v) is 8.38. The smallest absolute Gasteiger partial charge is 0.145 e. The third-order valence-electron chi connectivity index (χ3n) is 1.99. The SMILES string of the molecule is CCc1nc(NN)cc(-n2ccnc2)n1. The average molecular weight is 204 g/mol. The van der Waals surface area contributed by atoms with Crippen LogP contribution in [0.4, 0.5) is 5.82 Å². The van der Waals surface area contributed by atoms with Crippen molar-refractivity contribution in [2.24, 2.45) is 5.84 Å². The van der Waals surface area contributed by atoms with Crippen LogP contribution in [0.3, 0.4) is 0 Å². The van der Waals surface area contributed by atoms with Crippen molar-refractivity contribution >= 4 is 5.82 Å². The lowest BCUT2D eigenvalue weighted by molar-refractivity contribution is 0.886. The topological polar surface area (TPSA) is 81.6 Å². The van der Waals surface area contributed by atoms with Crippen LogP contribution in [0, 0.1) is 0 Å². The summed E-state index contributed by atoms with van der Waals surface area (Å²) < 4.78 is 1.81. The maximum Gasteiger partial charge on any atom is 0.145 e. The molecule has 2 aromatic rings. The van der Waals surface area contributed by atoms with Crippen molar-refractivity contribution < 1.29 is 0 Å². The van der Waals surface area contributed by atoms with Crippen molar-refractivity contribution in [3.63, 3.8) is 0 Å². The number of nitrogens with two attached hydrogens (primary N) is 1. The fourth-order valence-electron chi connectivity index (χ4n) is 1.24. The van der Waals surface area contributed by atoms with Gasteiger partial charge in [-0.15, -0.1) is 0 Å². The van der Waals surface area contributed by atoms with Gasteiger partial charge in [0.2, 0.25) is 0 Å². The van der Waals surface area contributed by atoms with E-state index in [0.29, 0.717) is 5.82 Å². The van der Waals surface area contributed by atoms with Gasteiger partial charge in [-0.05, 0) is 0 Å². The monoisotopic (exact) mass is 204 g/mol. The van der Waals surface area contributed by atoms with Crippen LogP contribution in [0.25, 0.3) is 5.82 Å². The number of hydrogen-bond acceptors (Lipinski definition) is 5. The molecule has 2 aromatic heterocycles. The molecule has 2 rings (SSSR count). The van der Waals surface area contributed by atoms with Gasteiger partial charge in [-0.2, -0.15) is 0 Å². The second-order valence-electron chi connectivity index (χ2n) is 3.00. The zero-order chi connectivity index (χ0) is 10.7. The van der Waals surface area contributed by atoms with E-state index in [0.717, 1.165) is 18.1 Å². The fraction of sp³-hybridized carbons (Fsp3) is 0.222. The van der Waals surface area contributed by atoms with E-state index >= 15 is 0 Å². The first kappa shape index (κ1) is 9.60. The predicted molar refractivity (Wildman–Crippen MR) is 56.3 cm³/mol. The fourth-order valence-corrected chi connectivity index (χ4v) is 1.24. The normalized spacial score (nSPS) is 10.3. The number of hydrazine groups is 1. The molecule has 6 nitrogen and oxygen atoms in total. The van der Waals surface area contributed by atoms with Gasteiger partial charge < -0.3 is 5.43 Å². The molecule has 0 bridgehead atoms. The Morgan fingerprint density at radius 3 is 2.93 bits per heavy atom. The average Bonchev–Trinajstić information content (AvgIpc) is 2.81. The molecule has 0 spiro atoms. The van der Waals surface area contributed by atoms with Crippen LogP contribution < -0.4 is 11.3 Å². The van der Waals surface area contributed by atoms with Crippen LogP contribution in [-0.2, 0) is 6.42 Å². The van der Waals surface area contributed by atoms with Gasteiger partial charge in [-0.1, -0.05) is 6.92 Å². The molecule has 0 aliphatic heterocycles. The molecule has 0 aliphatic rings. The Labute approximate surface area is 87.2 Å². The number of rotatable bonds is 3. The largest absolute Gasteiger partial charge is 0.308 e. The van der Waals surface area contributed by atoms with E-state index in [1.54, 1.807) is 18.6 Å². The number of imidazole rings is 1. The third-order valence-corrected chi connectivity index (χ3v) is 1.99. The molecule has 0 aromatic carbocycles. The van der Waals surface area contributed by atoms with Gasteiger partial charge >= 0.3 is 0 Å². The maximum absolute atomic E-state index is 5.33. The number of anilines is 1. The summed E-state index contributed by atoms with van der Waals surface area (Å²) in [6, 6.07) is 1.76. The first-order valence-corrected chi connectivity index (χ1v) is 4.66. The van der Waals surface area contributed by atoms with Gasteiger partial charge in [0.05, 0.1) is 0 Å². The summed E-state index contributed by atoms with van der Waals surface area (Å²) in [5, 5.41) is 0. The van der Waals surface area contributed by atoms with E-state index in [1.807, 2.05) is 17.7 Å². The van der Waals surface area contributed by atoms with Crippen LogP contribution in [0.2, 0.25) is 0 Å². The molecule has 0 saturated carbocycles. The van der Waals surface area contributed by atoms with Crippen molar-refractivity contribution in [1.82, 2.24) is 19.5 Å². The van der Waals surface area contributed by atoms with Crippen LogP contribution in [-0.4, -0.2) is 19.5 Å². The van der Waals surface area contributed by atoms with E-state index in [1.165, 1.54) is 0 Å². The minimum Gasteiger partial charge on any atom is -0.308 e. The maximum atomic E-state index is 5.33. The Balaban J connectivity index is 2.47. The second kappa shape index (κ2) is 4.05. The highest BCUT2D eigenvalue weighted by Crippen LogP contribution is 2.10. The molecule has 0 aliphatic carbocycles. The number of aryl methyl sites for hydroxylation is 1. The molecule has 6 heteroatoms. The molecule has 0 saturated heterocycles. The molecule has 0 atom stereocenters. The highest BCUT2D eigenvalue weighted by molar-refractivity contribution is 5.40. The Bertz CT molecular complexity index is 414. The number of hydrogen-bond donors (Lipinski definition) is 2. The Morgan fingerprint density at radius 1 is 1.47 bits per heavy atom. The summed E-state index contributed by atoms with van der Waals surface area (Å²) in [5.41, 5.74) is 2.52. The van der Waals surface area contributed by atoms with E-state index in [4.69, 9.17) is 5.84 Å².